The third-order valence-corrected chi connectivity index (χ3v) is 0. The van der Waals surface area contributed by atoms with Gasteiger partial charge >= 0.3 is 20.4 Å². The van der Waals surface area contributed by atoms with Gasteiger partial charge in [-0.1, -0.05) is 0 Å². The van der Waals surface area contributed by atoms with Crippen LogP contribution in [0.1, 0.15) is 0 Å². The van der Waals surface area contributed by atoms with E-state index in [0.717, 1.165) is 0 Å². The van der Waals surface area contributed by atoms with E-state index < -0.39 is 10.2 Å². The monoisotopic (exact) mass is 294 g/mol. The van der Waals surface area contributed by atoms with Crippen molar-refractivity contribution in [2.24, 2.45) is 0 Å². The van der Waals surface area contributed by atoms with Gasteiger partial charge in [-0.2, -0.15) is 0 Å². The molecule has 0 saturated carbocycles. The van der Waals surface area contributed by atoms with Crippen LogP contribution in [0.25, 0.3) is 24.6 Å². The number of nitrogens with zero attached hydrogens (tertiary/aromatic N) is 2. The first-order valence-electron chi connectivity index (χ1n) is 1.10. The molecule has 0 spiro atoms. The fraction of sp³-hybridized carbons (Fsp3) is 0. The molecule has 0 aliphatic carbocycles. The first-order valence-corrected chi connectivity index (χ1v) is 1.10. The van der Waals surface area contributed by atoms with Crippen LogP contribution in [0.15, 0.2) is 0 Å². The molecule has 13 heavy (non-hydrogen) atoms. The number of hydrogen-bond acceptors (Lipinski definition) is 6. The predicted molar refractivity (Wildman–Crippen MR) is 41.9 cm³/mol. The Bertz CT molecular complexity index is 75.1. The molecule has 13 heteroatoms. The maximum Gasteiger partial charge on any atom is 2.00 e. The minimum atomic E-state index is -1.75. The molecule has 0 rings (SSSR count). The minimum absolute atomic E-state index is 0. The molecular formula is H8N6O6Pd-4. The minimum Gasteiger partial charge on any atom is -0.693 e. The van der Waals surface area contributed by atoms with Crippen LogP contribution in [-0.4, -0.2) is 10.2 Å². The summed E-state index contributed by atoms with van der Waals surface area (Å²) in [5, 5.41) is 29.5. The second-order valence-electron chi connectivity index (χ2n) is 0.447. The number of hydrogen-bond donors (Lipinski definition) is 0. The van der Waals surface area contributed by atoms with Crippen molar-refractivity contribution in [3.8, 4) is 0 Å². The summed E-state index contributed by atoms with van der Waals surface area (Å²) in [7, 11) is 0. The Hall–Kier alpha value is -1.10. The van der Waals surface area contributed by atoms with Crippen molar-refractivity contribution >= 4 is 0 Å². The molecule has 0 fully saturated rings. The largest absolute Gasteiger partial charge is 2.00 e. The van der Waals surface area contributed by atoms with Crippen molar-refractivity contribution in [1.29, 1.82) is 0 Å². The molecule has 0 aromatic heterocycles. The van der Waals surface area contributed by atoms with Crippen LogP contribution < -0.4 is 0 Å². The molecule has 0 heterocycles. The summed E-state index contributed by atoms with van der Waals surface area (Å²) >= 11 is 0. The Morgan fingerprint density at radius 3 is 0.615 bits per heavy atom. The summed E-state index contributed by atoms with van der Waals surface area (Å²) < 4.78 is 0. The van der Waals surface area contributed by atoms with E-state index in [-0.39, 0.29) is 45.0 Å². The van der Waals surface area contributed by atoms with E-state index in [0.29, 0.717) is 0 Å². The zero-order chi connectivity index (χ0) is 7.15. The second kappa shape index (κ2) is 44.5. The molecule has 0 amide bonds. The van der Waals surface area contributed by atoms with Gasteiger partial charge in [0.25, 0.3) is 0 Å². The van der Waals surface area contributed by atoms with E-state index in [1.165, 1.54) is 0 Å². The summed E-state index contributed by atoms with van der Waals surface area (Å²) in [4.78, 5) is 16.5. The standard InChI is InChI=1S/2NO3.4H2N.Pd/c2*2-1(3)4;;;;;/h;;4*1H2;/q6*-1;+2. The zero-order valence-electron chi connectivity index (χ0n) is 5.97. The third-order valence-electron chi connectivity index (χ3n) is 0. The third kappa shape index (κ3) is 717. The fourth-order valence-electron chi connectivity index (χ4n) is 0. The molecule has 0 bridgehead atoms. The van der Waals surface area contributed by atoms with Gasteiger partial charge in [-0.15, -0.1) is 0 Å². The van der Waals surface area contributed by atoms with E-state index in [4.69, 9.17) is 30.6 Å². The first kappa shape index (κ1) is 58.9. The summed E-state index contributed by atoms with van der Waals surface area (Å²) in [6, 6.07) is 0. The molecule has 88 valence electrons. The smallest absolute Gasteiger partial charge is 0.693 e. The molecule has 0 unspecified atom stereocenters. The summed E-state index contributed by atoms with van der Waals surface area (Å²) in [5.74, 6) is 0. The van der Waals surface area contributed by atoms with Gasteiger partial charge in [-0.3, -0.25) is 0 Å². The Labute approximate surface area is 86.5 Å². The van der Waals surface area contributed by atoms with Crippen LogP contribution in [0.4, 0.5) is 0 Å². The van der Waals surface area contributed by atoms with Crippen molar-refractivity contribution in [2.45, 2.75) is 0 Å². The summed E-state index contributed by atoms with van der Waals surface area (Å²) in [6.45, 7) is 0. The van der Waals surface area contributed by atoms with E-state index >= 15 is 0 Å². The Morgan fingerprint density at radius 1 is 0.615 bits per heavy atom. The van der Waals surface area contributed by atoms with Gasteiger partial charge in [-0.05, 0) is 0 Å². The summed E-state index contributed by atoms with van der Waals surface area (Å²) in [6.07, 6.45) is 0. The average molecular weight is 295 g/mol. The average Bonchev–Trinajstić information content (AvgIpc) is 1.25. The molecule has 8 N–H and O–H groups in total. The van der Waals surface area contributed by atoms with Crippen LogP contribution in [0.5, 0.6) is 0 Å². The van der Waals surface area contributed by atoms with Crippen molar-refractivity contribution in [1.82, 2.24) is 0 Å². The Balaban J connectivity index is -0.00000000800. The van der Waals surface area contributed by atoms with Gasteiger partial charge < -0.3 is 55.2 Å². The fourth-order valence-corrected chi connectivity index (χ4v) is 0. The normalized spacial score (nSPS) is 3.69. The van der Waals surface area contributed by atoms with E-state index in [9.17, 15) is 0 Å². The van der Waals surface area contributed by atoms with Crippen molar-refractivity contribution in [2.75, 3.05) is 0 Å². The molecular weight excluding hydrogens is 286 g/mol. The molecule has 0 aromatic rings. The molecule has 0 radical (unpaired) electrons. The van der Waals surface area contributed by atoms with Gasteiger partial charge in [0.1, 0.15) is 0 Å². The molecule has 0 aromatic carbocycles. The van der Waals surface area contributed by atoms with Crippen LogP contribution in [0, 0.1) is 30.6 Å². The molecule has 12 nitrogen and oxygen atoms in total. The quantitative estimate of drug-likeness (QED) is 0.366. The van der Waals surface area contributed by atoms with Crippen molar-refractivity contribution < 1.29 is 30.6 Å². The molecule has 0 aliphatic heterocycles. The molecule has 0 saturated heterocycles. The maximum absolute atomic E-state index is 8.25. The maximum atomic E-state index is 8.25. The van der Waals surface area contributed by atoms with Gasteiger partial charge in [0, 0.05) is 0 Å². The topological polar surface area (TPSA) is 266 Å². The van der Waals surface area contributed by atoms with E-state index in [1.54, 1.807) is 0 Å². The number of nitrogens with two attached hydrogens (primary N) is 4. The zero-order valence-corrected chi connectivity index (χ0v) is 7.52. The predicted octanol–water partition coefficient (Wildman–Crippen LogP) is 2.39. The second-order valence-corrected chi connectivity index (χ2v) is 0.447. The van der Waals surface area contributed by atoms with Gasteiger partial charge in [0.05, 0.1) is 10.2 Å². The van der Waals surface area contributed by atoms with Gasteiger partial charge in [0.2, 0.25) is 0 Å². The van der Waals surface area contributed by atoms with Crippen LogP contribution in [-0.2, 0) is 20.4 Å². The van der Waals surface area contributed by atoms with E-state index in [1.807, 2.05) is 0 Å². The summed E-state index contributed by atoms with van der Waals surface area (Å²) in [5.41, 5.74) is 0. The van der Waals surface area contributed by atoms with Crippen molar-refractivity contribution in [3.63, 3.8) is 0 Å². The Kier molecular flexibility index (Phi) is 201. The van der Waals surface area contributed by atoms with E-state index in [2.05, 4.69) is 0 Å². The van der Waals surface area contributed by atoms with Crippen LogP contribution in [0.2, 0.25) is 0 Å². The Morgan fingerprint density at radius 2 is 0.615 bits per heavy atom. The molecule has 0 atom stereocenters. The van der Waals surface area contributed by atoms with Crippen molar-refractivity contribution in [3.05, 3.63) is 55.2 Å². The molecule has 0 aliphatic rings. The van der Waals surface area contributed by atoms with Gasteiger partial charge in [0.15, 0.2) is 0 Å². The van der Waals surface area contributed by atoms with Crippen LogP contribution in [0.3, 0.4) is 0 Å². The first-order chi connectivity index (χ1) is 3.46. The SMILES string of the molecule is O=[N+]([O-])[O-].O=[N+]([O-])[O-].[NH2-].[NH2-].[NH2-].[NH2-].[Pd+2]. The number of rotatable bonds is 0. The van der Waals surface area contributed by atoms with Gasteiger partial charge in [-0.25, -0.2) is 0 Å². The van der Waals surface area contributed by atoms with Crippen LogP contribution >= 0.6 is 0 Å².